The molecule has 1 aliphatic heterocycles. The van der Waals surface area contributed by atoms with Gasteiger partial charge < -0.3 is 10.0 Å². The highest BCUT2D eigenvalue weighted by molar-refractivity contribution is 5.66. The molecule has 0 spiro atoms. The maximum atomic E-state index is 13.3. The third kappa shape index (κ3) is 6.55. The number of hydrogen-bond acceptors (Lipinski definition) is 4. The van der Waals surface area contributed by atoms with Crippen molar-refractivity contribution in [3.63, 3.8) is 0 Å². The summed E-state index contributed by atoms with van der Waals surface area (Å²) < 4.78 is 13.3. The Balaban J connectivity index is 1.59. The van der Waals surface area contributed by atoms with E-state index in [0.29, 0.717) is 6.04 Å². The quantitative estimate of drug-likeness (QED) is 0.573. The molecule has 0 radical (unpaired) electrons. The molecule has 1 heterocycles. The van der Waals surface area contributed by atoms with Crippen LogP contribution in [0.15, 0.2) is 24.3 Å². The monoisotopic (exact) mass is 337 g/mol. The van der Waals surface area contributed by atoms with E-state index >= 15 is 0 Å². The van der Waals surface area contributed by atoms with E-state index in [9.17, 15) is 9.18 Å². The fourth-order valence-corrected chi connectivity index (χ4v) is 3.13. The molecule has 0 saturated carbocycles. The SMILES string of the molecule is CN(CCCCC(=O)O)CCCC1CC(c2cccc(F)c2)NN1. The maximum absolute atomic E-state index is 13.3. The fraction of sp³-hybridized carbons (Fsp3) is 0.611. The van der Waals surface area contributed by atoms with Crippen LogP contribution < -0.4 is 10.9 Å². The minimum atomic E-state index is -0.717. The number of nitrogens with zero attached hydrogens (tertiary/aromatic N) is 1. The summed E-state index contributed by atoms with van der Waals surface area (Å²) >= 11 is 0. The summed E-state index contributed by atoms with van der Waals surface area (Å²) in [6, 6.07) is 7.33. The molecule has 0 aliphatic carbocycles. The molecule has 0 bridgehead atoms. The molecule has 0 aromatic heterocycles. The van der Waals surface area contributed by atoms with Crippen LogP contribution in [0.4, 0.5) is 4.39 Å². The number of carbonyl (C=O) groups is 1. The topological polar surface area (TPSA) is 64.6 Å². The molecule has 1 aromatic carbocycles. The molecule has 134 valence electrons. The van der Waals surface area contributed by atoms with Gasteiger partial charge in [0.15, 0.2) is 0 Å². The van der Waals surface area contributed by atoms with Crippen molar-refractivity contribution in [1.82, 2.24) is 15.8 Å². The molecule has 1 fully saturated rings. The molecule has 2 rings (SSSR count). The molecule has 3 N–H and O–H groups in total. The number of nitrogens with one attached hydrogen (secondary N) is 2. The number of rotatable bonds is 10. The first-order valence-electron chi connectivity index (χ1n) is 8.71. The van der Waals surface area contributed by atoms with Gasteiger partial charge in [-0.2, -0.15) is 0 Å². The molecule has 1 aromatic rings. The lowest BCUT2D eigenvalue weighted by Crippen LogP contribution is -2.31. The van der Waals surface area contributed by atoms with Crippen molar-refractivity contribution in [2.24, 2.45) is 0 Å². The van der Waals surface area contributed by atoms with Crippen molar-refractivity contribution >= 4 is 5.97 Å². The smallest absolute Gasteiger partial charge is 0.303 e. The van der Waals surface area contributed by atoms with Gasteiger partial charge in [-0.05, 0) is 69.9 Å². The van der Waals surface area contributed by atoms with Crippen molar-refractivity contribution < 1.29 is 14.3 Å². The van der Waals surface area contributed by atoms with Crippen LogP contribution >= 0.6 is 0 Å². The van der Waals surface area contributed by atoms with Gasteiger partial charge in [-0.25, -0.2) is 4.39 Å². The molecule has 2 unspecified atom stereocenters. The number of carboxylic acid groups (broad SMARTS) is 1. The summed E-state index contributed by atoms with van der Waals surface area (Å²) in [6.07, 6.45) is 5.04. The van der Waals surface area contributed by atoms with Crippen molar-refractivity contribution in [3.05, 3.63) is 35.6 Å². The average molecular weight is 337 g/mol. The predicted octanol–water partition coefficient (Wildman–Crippen LogP) is 2.70. The largest absolute Gasteiger partial charge is 0.481 e. The molecule has 6 heteroatoms. The Hall–Kier alpha value is -1.50. The molecule has 24 heavy (non-hydrogen) atoms. The van der Waals surface area contributed by atoms with Gasteiger partial charge in [-0.1, -0.05) is 12.1 Å². The van der Waals surface area contributed by atoms with Crippen LogP contribution in [0, 0.1) is 5.82 Å². The Bertz CT molecular complexity index is 527. The van der Waals surface area contributed by atoms with E-state index in [1.807, 2.05) is 6.07 Å². The van der Waals surface area contributed by atoms with Crippen LogP contribution in [0.25, 0.3) is 0 Å². The Morgan fingerprint density at radius 2 is 2.08 bits per heavy atom. The van der Waals surface area contributed by atoms with Gasteiger partial charge in [0.25, 0.3) is 0 Å². The summed E-state index contributed by atoms with van der Waals surface area (Å²) in [5.41, 5.74) is 7.55. The Kier molecular flexibility index (Phi) is 7.62. The van der Waals surface area contributed by atoms with Gasteiger partial charge in [0.1, 0.15) is 5.82 Å². The lowest BCUT2D eigenvalue weighted by molar-refractivity contribution is -0.137. The van der Waals surface area contributed by atoms with Crippen molar-refractivity contribution in [1.29, 1.82) is 0 Å². The number of aliphatic carboxylic acids is 1. The van der Waals surface area contributed by atoms with Crippen LogP contribution in [0.2, 0.25) is 0 Å². The maximum Gasteiger partial charge on any atom is 0.303 e. The Labute approximate surface area is 143 Å². The van der Waals surface area contributed by atoms with E-state index in [-0.39, 0.29) is 18.3 Å². The zero-order valence-corrected chi connectivity index (χ0v) is 14.3. The van der Waals surface area contributed by atoms with Crippen LogP contribution in [0.5, 0.6) is 0 Å². The molecule has 2 atom stereocenters. The normalized spacial score (nSPS) is 20.6. The van der Waals surface area contributed by atoms with Gasteiger partial charge in [0.05, 0.1) is 0 Å². The fourth-order valence-electron chi connectivity index (χ4n) is 3.13. The van der Waals surface area contributed by atoms with E-state index in [4.69, 9.17) is 5.11 Å². The summed E-state index contributed by atoms with van der Waals surface area (Å²) in [6.45, 7) is 1.95. The van der Waals surface area contributed by atoms with Gasteiger partial charge in [0.2, 0.25) is 0 Å². The lowest BCUT2D eigenvalue weighted by Gasteiger charge is -2.17. The minimum Gasteiger partial charge on any atom is -0.481 e. The first-order valence-corrected chi connectivity index (χ1v) is 8.71. The second-order valence-corrected chi connectivity index (χ2v) is 6.63. The average Bonchev–Trinajstić information content (AvgIpc) is 3.00. The van der Waals surface area contributed by atoms with Crippen LogP contribution in [-0.4, -0.2) is 42.2 Å². The van der Waals surface area contributed by atoms with Crippen LogP contribution in [0.3, 0.4) is 0 Å². The predicted molar refractivity (Wildman–Crippen MR) is 92.0 cm³/mol. The van der Waals surface area contributed by atoms with E-state index in [1.54, 1.807) is 12.1 Å². The van der Waals surface area contributed by atoms with Gasteiger partial charge in [0, 0.05) is 18.5 Å². The molecular formula is C18H28FN3O2. The third-order valence-electron chi connectivity index (χ3n) is 4.51. The number of benzene rings is 1. The van der Waals surface area contributed by atoms with Crippen LogP contribution in [0.1, 0.15) is 50.1 Å². The van der Waals surface area contributed by atoms with Gasteiger partial charge >= 0.3 is 5.97 Å². The second kappa shape index (κ2) is 9.71. The number of unbranched alkanes of at least 4 members (excludes halogenated alkanes) is 1. The van der Waals surface area contributed by atoms with E-state index < -0.39 is 5.97 Å². The first kappa shape index (κ1) is 18.8. The van der Waals surface area contributed by atoms with E-state index in [2.05, 4.69) is 22.8 Å². The highest BCUT2D eigenvalue weighted by Crippen LogP contribution is 2.24. The van der Waals surface area contributed by atoms with Crippen molar-refractivity contribution in [2.75, 3.05) is 20.1 Å². The second-order valence-electron chi connectivity index (χ2n) is 6.63. The summed E-state index contributed by atoms with van der Waals surface area (Å²) in [5, 5.41) is 8.61. The van der Waals surface area contributed by atoms with Crippen molar-refractivity contribution in [3.8, 4) is 0 Å². The summed E-state index contributed by atoms with van der Waals surface area (Å²) in [7, 11) is 2.08. The number of halogens is 1. The lowest BCUT2D eigenvalue weighted by atomic mass is 9.99. The van der Waals surface area contributed by atoms with E-state index in [0.717, 1.165) is 50.8 Å². The number of hydrazine groups is 1. The third-order valence-corrected chi connectivity index (χ3v) is 4.51. The highest BCUT2D eigenvalue weighted by Gasteiger charge is 2.24. The number of carboxylic acids is 1. The zero-order valence-electron chi connectivity index (χ0n) is 14.3. The Morgan fingerprint density at radius 3 is 2.83 bits per heavy atom. The van der Waals surface area contributed by atoms with Crippen LogP contribution in [-0.2, 0) is 4.79 Å². The van der Waals surface area contributed by atoms with Gasteiger partial charge in [-0.3, -0.25) is 15.6 Å². The highest BCUT2D eigenvalue weighted by atomic mass is 19.1. The first-order chi connectivity index (χ1) is 11.5. The molecule has 1 aliphatic rings. The zero-order chi connectivity index (χ0) is 17.4. The van der Waals surface area contributed by atoms with Crippen molar-refractivity contribution in [2.45, 2.75) is 50.6 Å². The Morgan fingerprint density at radius 1 is 1.29 bits per heavy atom. The van der Waals surface area contributed by atoms with Gasteiger partial charge in [-0.15, -0.1) is 0 Å². The summed E-state index contributed by atoms with van der Waals surface area (Å²) in [5.74, 6) is -0.910. The molecule has 1 saturated heterocycles. The molecular weight excluding hydrogens is 309 g/mol. The standard InChI is InChI=1S/C18H28FN3O2/c1-22(10-3-2-9-18(23)24)11-5-8-16-13-17(21-20-16)14-6-4-7-15(19)12-14/h4,6-7,12,16-17,20-21H,2-3,5,8-11,13H2,1H3,(H,23,24). The number of hydrogen-bond donors (Lipinski definition) is 3. The van der Waals surface area contributed by atoms with E-state index in [1.165, 1.54) is 6.07 Å². The minimum absolute atomic E-state index is 0.166. The summed E-state index contributed by atoms with van der Waals surface area (Å²) in [4.78, 5) is 12.7. The molecule has 5 nitrogen and oxygen atoms in total. The molecule has 0 amide bonds.